The Hall–Kier alpha value is -3.08. The average Bonchev–Trinajstić information content (AvgIpc) is 2.62. The first-order valence-electron chi connectivity index (χ1n) is 7.63. The van der Waals surface area contributed by atoms with Crippen LogP contribution >= 0.6 is 0 Å². The van der Waals surface area contributed by atoms with Crippen LogP contribution in [-0.2, 0) is 9.59 Å². The first-order chi connectivity index (χ1) is 11.6. The molecule has 0 aliphatic rings. The van der Waals surface area contributed by atoms with E-state index in [0.717, 1.165) is 11.3 Å². The molecule has 2 amide bonds. The van der Waals surface area contributed by atoms with Crippen LogP contribution in [0.4, 0.5) is 11.4 Å². The molecule has 5 nitrogen and oxygen atoms in total. The van der Waals surface area contributed by atoms with Gasteiger partial charge in [0, 0.05) is 23.9 Å². The van der Waals surface area contributed by atoms with E-state index < -0.39 is 0 Å². The highest BCUT2D eigenvalue weighted by Crippen LogP contribution is 2.15. The second-order valence-electron chi connectivity index (χ2n) is 5.07. The Bertz CT molecular complexity index is 719. The zero-order valence-corrected chi connectivity index (χ0v) is 13.7. The number of hydrogen-bond acceptors (Lipinski definition) is 3. The molecule has 0 unspecified atom stereocenters. The molecular weight excluding hydrogens is 304 g/mol. The van der Waals surface area contributed by atoms with Crippen LogP contribution in [0.15, 0.2) is 54.6 Å². The Kier molecular flexibility index (Phi) is 6.14. The van der Waals surface area contributed by atoms with Gasteiger partial charge in [0.15, 0.2) is 0 Å². The number of benzene rings is 2. The van der Waals surface area contributed by atoms with Crippen LogP contribution in [0.5, 0.6) is 5.75 Å². The minimum Gasteiger partial charge on any atom is -0.497 e. The van der Waals surface area contributed by atoms with E-state index in [-0.39, 0.29) is 11.8 Å². The topological polar surface area (TPSA) is 67.4 Å². The fourth-order valence-electron chi connectivity index (χ4n) is 1.96. The van der Waals surface area contributed by atoms with Crippen molar-refractivity contribution in [3.05, 3.63) is 60.2 Å². The summed E-state index contributed by atoms with van der Waals surface area (Å²) >= 11 is 0. The van der Waals surface area contributed by atoms with Crippen molar-refractivity contribution < 1.29 is 14.3 Å². The molecule has 24 heavy (non-hydrogen) atoms. The van der Waals surface area contributed by atoms with E-state index in [2.05, 4.69) is 10.6 Å². The Morgan fingerprint density at radius 1 is 0.958 bits per heavy atom. The largest absolute Gasteiger partial charge is 0.497 e. The monoisotopic (exact) mass is 324 g/mol. The summed E-state index contributed by atoms with van der Waals surface area (Å²) in [4.78, 5) is 23.2. The molecule has 124 valence electrons. The van der Waals surface area contributed by atoms with Crippen molar-refractivity contribution in [1.82, 2.24) is 0 Å². The standard InChI is InChI=1S/C19H20N2O3/c1-3-18(22)20-15-7-9-16(10-8-15)21-19(23)13-6-14-4-11-17(24-2)12-5-14/h4-13H,3H2,1-2H3,(H,20,22)(H,21,23). The van der Waals surface area contributed by atoms with Gasteiger partial charge in [-0.3, -0.25) is 9.59 Å². The zero-order chi connectivity index (χ0) is 17.4. The molecule has 5 heteroatoms. The maximum atomic E-state index is 11.9. The number of hydrogen-bond donors (Lipinski definition) is 2. The number of rotatable bonds is 6. The molecule has 0 saturated carbocycles. The summed E-state index contributed by atoms with van der Waals surface area (Å²) in [6.07, 6.45) is 3.62. The van der Waals surface area contributed by atoms with Crippen LogP contribution in [-0.4, -0.2) is 18.9 Å². The van der Waals surface area contributed by atoms with Gasteiger partial charge in [0.2, 0.25) is 11.8 Å². The number of carbonyl (C=O) groups is 2. The van der Waals surface area contributed by atoms with Crippen molar-refractivity contribution in [2.45, 2.75) is 13.3 Å². The van der Waals surface area contributed by atoms with E-state index in [1.54, 1.807) is 44.4 Å². The maximum absolute atomic E-state index is 11.9. The SMILES string of the molecule is CCC(=O)Nc1ccc(NC(=O)C=Cc2ccc(OC)cc2)cc1. The van der Waals surface area contributed by atoms with E-state index in [9.17, 15) is 9.59 Å². The first-order valence-corrected chi connectivity index (χ1v) is 7.63. The van der Waals surface area contributed by atoms with E-state index in [4.69, 9.17) is 4.74 Å². The normalized spacial score (nSPS) is 10.4. The molecule has 2 rings (SSSR count). The van der Waals surface area contributed by atoms with Gasteiger partial charge in [0.1, 0.15) is 5.75 Å². The van der Waals surface area contributed by atoms with Gasteiger partial charge in [-0.15, -0.1) is 0 Å². The molecule has 2 N–H and O–H groups in total. The first kappa shape index (κ1) is 17.3. The molecular formula is C19H20N2O3. The van der Waals surface area contributed by atoms with Crippen molar-refractivity contribution >= 4 is 29.3 Å². The Balaban J connectivity index is 1.91. The third kappa shape index (κ3) is 5.28. The summed E-state index contributed by atoms with van der Waals surface area (Å²) < 4.78 is 5.08. The molecule has 0 atom stereocenters. The summed E-state index contributed by atoms with van der Waals surface area (Å²) in [6.45, 7) is 1.79. The molecule has 2 aromatic rings. The molecule has 0 aliphatic heterocycles. The average molecular weight is 324 g/mol. The van der Waals surface area contributed by atoms with Crippen molar-refractivity contribution in [3.63, 3.8) is 0 Å². The molecule has 0 radical (unpaired) electrons. The van der Waals surface area contributed by atoms with Gasteiger partial charge < -0.3 is 15.4 Å². The molecule has 0 aliphatic carbocycles. The number of nitrogens with one attached hydrogen (secondary N) is 2. The minimum absolute atomic E-state index is 0.0470. The van der Waals surface area contributed by atoms with Crippen molar-refractivity contribution in [3.8, 4) is 5.75 Å². The van der Waals surface area contributed by atoms with E-state index in [0.29, 0.717) is 17.8 Å². The molecule has 0 fully saturated rings. The lowest BCUT2D eigenvalue weighted by Crippen LogP contribution is -2.10. The van der Waals surface area contributed by atoms with Crippen LogP contribution in [0.25, 0.3) is 6.08 Å². The number of methoxy groups -OCH3 is 1. The van der Waals surface area contributed by atoms with Crippen LogP contribution in [0.3, 0.4) is 0 Å². The minimum atomic E-state index is -0.226. The number of amides is 2. The van der Waals surface area contributed by atoms with Crippen molar-refractivity contribution in [1.29, 1.82) is 0 Å². The predicted molar refractivity (Wildman–Crippen MR) is 96.0 cm³/mol. The van der Waals surface area contributed by atoms with Crippen LogP contribution < -0.4 is 15.4 Å². The lowest BCUT2D eigenvalue weighted by atomic mass is 10.2. The van der Waals surface area contributed by atoms with Gasteiger partial charge >= 0.3 is 0 Å². The summed E-state index contributed by atoms with van der Waals surface area (Å²) in [6, 6.07) is 14.4. The third-order valence-corrected chi connectivity index (χ3v) is 3.30. The van der Waals surface area contributed by atoms with Crippen molar-refractivity contribution in [2.24, 2.45) is 0 Å². The van der Waals surface area contributed by atoms with Crippen molar-refractivity contribution in [2.75, 3.05) is 17.7 Å². The van der Waals surface area contributed by atoms with E-state index in [1.807, 2.05) is 24.3 Å². The predicted octanol–water partition coefficient (Wildman–Crippen LogP) is 3.70. The summed E-state index contributed by atoms with van der Waals surface area (Å²) in [5, 5.41) is 5.52. The molecule has 0 saturated heterocycles. The third-order valence-electron chi connectivity index (χ3n) is 3.30. The molecule has 0 heterocycles. The van der Waals surface area contributed by atoms with Gasteiger partial charge in [-0.05, 0) is 48.0 Å². The molecule has 0 spiro atoms. The summed E-state index contributed by atoms with van der Waals surface area (Å²) in [7, 11) is 1.61. The molecule has 0 aromatic heterocycles. The van der Waals surface area contributed by atoms with Gasteiger partial charge in [0.25, 0.3) is 0 Å². The zero-order valence-electron chi connectivity index (χ0n) is 13.7. The maximum Gasteiger partial charge on any atom is 0.248 e. The van der Waals surface area contributed by atoms with Gasteiger partial charge in [-0.1, -0.05) is 19.1 Å². The Labute approximate surface area is 141 Å². The highest BCUT2D eigenvalue weighted by molar-refractivity contribution is 6.02. The van der Waals surface area contributed by atoms with Crippen LogP contribution in [0.1, 0.15) is 18.9 Å². The fraction of sp³-hybridized carbons (Fsp3) is 0.158. The lowest BCUT2D eigenvalue weighted by Gasteiger charge is -2.06. The van der Waals surface area contributed by atoms with Gasteiger partial charge in [-0.25, -0.2) is 0 Å². The second kappa shape index (κ2) is 8.53. The molecule has 0 bridgehead atoms. The number of ether oxygens (including phenoxy) is 1. The molecule has 2 aromatic carbocycles. The second-order valence-corrected chi connectivity index (χ2v) is 5.07. The highest BCUT2D eigenvalue weighted by Gasteiger charge is 2.01. The smallest absolute Gasteiger partial charge is 0.248 e. The highest BCUT2D eigenvalue weighted by atomic mass is 16.5. The van der Waals surface area contributed by atoms with E-state index >= 15 is 0 Å². The van der Waals surface area contributed by atoms with Crippen LogP contribution in [0.2, 0.25) is 0 Å². The Morgan fingerprint density at radius 2 is 1.54 bits per heavy atom. The summed E-state index contributed by atoms with van der Waals surface area (Å²) in [5.74, 6) is 0.497. The Morgan fingerprint density at radius 3 is 2.08 bits per heavy atom. The van der Waals surface area contributed by atoms with Gasteiger partial charge in [0.05, 0.1) is 7.11 Å². The van der Waals surface area contributed by atoms with Gasteiger partial charge in [-0.2, -0.15) is 0 Å². The number of anilines is 2. The van der Waals surface area contributed by atoms with Crippen LogP contribution in [0, 0.1) is 0 Å². The number of carbonyl (C=O) groups excluding carboxylic acids is 2. The van der Waals surface area contributed by atoms with E-state index in [1.165, 1.54) is 6.08 Å². The fourth-order valence-corrected chi connectivity index (χ4v) is 1.96. The quantitative estimate of drug-likeness (QED) is 0.796. The summed E-state index contributed by atoms with van der Waals surface area (Å²) in [5.41, 5.74) is 2.27. The lowest BCUT2D eigenvalue weighted by molar-refractivity contribution is -0.116.